The maximum absolute atomic E-state index is 12.7. The molecule has 2 aliphatic rings. The number of aromatic amines is 1. The third-order valence-corrected chi connectivity index (χ3v) is 5.79. The van der Waals surface area contributed by atoms with Gasteiger partial charge in [0.2, 0.25) is 5.95 Å². The van der Waals surface area contributed by atoms with Gasteiger partial charge in [-0.3, -0.25) is 19.5 Å². The van der Waals surface area contributed by atoms with E-state index in [1.165, 1.54) is 12.3 Å². The lowest BCUT2D eigenvalue weighted by atomic mass is 9.93. The predicted octanol–water partition coefficient (Wildman–Crippen LogP) is 0.719. The summed E-state index contributed by atoms with van der Waals surface area (Å²) >= 11 is 6.11. The van der Waals surface area contributed by atoms with E-state index in [1.54, 1.807) is 12.1 Å². The minimum Gasteiger partial charge on any atom is -0.486 e. The molecule has 1 amide bonds. The van der Waals surface area contributed by atoms with Gasteiger partial charge < -0.3 is 25.2 Å². The Labute approximate surface area is 189 Å². The van der Waals surface area contributed by atoms with Crippen molar-refractivity contribution < 1.29 is 19.4 Å². The highest BCUT2D eigenvalue weighted by molar-refractivity contribution is 6.31. The van der Waals surface area contributed by atoms with E-state index in [0.717, 1.165) is 13.0 Å². The zero-order valence-electron chi connectivity index (χ0n) is 17.5. The summed E-state index contributed by atoms with van der Waals surface area (Å²) in [7, 11) is 0. The number of halogens is 1. The molecule has 4 rings (SSSR count). The molecule has 1 fully saturated rings. The van der Waals surface area contributed by atoms with Crippen molar-refractivity contribution >= 4 is 23.5 Å². The lowest BCUT2D eigenvalue weighted by Crippen LogP contribution is -2.48. The lowest BCUT2D eigenvalue weighted by molar-refractivity contribution is 0.0237. The van der Waals surface area contributed by atoms with Gasteiger partial charge in [-0.25, -0.2) is 4.98 Å². The quantitative estimate of drug-likeness (QED) is 0.473. The van der Waals surface area contributed by atoms with E-state index < -0.39 is 6.10 Å². The van der Waals surface area contributed by atoms with Crippen LogP contribution in [0.1, 0.15) is 16.8 Å². The van der Waals surface area contributed by atoms with Crippen molar-refractivity contribution in [3.63, 3.8) is 0 Å². The summed E-state index contributed by atoms with van der Waals surface area (Å²) in [6.07, 6.45) is 1.63. The third-order valence-electron chi connectivity index (χ3n) is 5.57. The van der Waals surface area contributed by atoms with Crippen LogP contribution in [0.25, 0.3) is 0 Å². The number of ether oxygens (including phenoxy) is 2. The lowest BCUT2D eigenvalue weighted by Gasteiger charge is -2.36. The second-order valence-corrected chi connectivity index (χ2v) is 8.25. The first-order valence-corrected chi connectivity index (χ1v) is 10.9. The molecule has 0 aliphatic carbocycles. The highest BCUT2D eigenvalue weighted by Crippen LogP contribution is 2.36. The summed E-state index contributed by atoms with van der Waals surface area (Å²) in [5, 5.41) is 16.9. The molecular weight excluding hydrogens is 438 g/mol. The standard InChI is InChI=1S/C21H26ClN5O5/c22-14-9-15(19-17(10-14)31-7-8-32-19)20(30)25-11-13-2-5-27(12-16(13)28)6-4-24-21-23-3-1-18(29)26-21/h1,3,9-10,13,16,28H,2,4-8,11-12H2,(H,25,30)(H2,23,24,26,29)/t13-,16+/m1/s1. The van der Waals surface area contributed by atoms with Gasteiger partial charge in [0.15, 0.2) is 11.5 Å². The average Bonchev–Trinajstić information content (AvgIpc) is 2.78. The average molecular weight is 464 g/mol. The summed E-state index contributed by atoms with van der Waals surface area (Å²) in [6, 6.07) is 4.55. The zero-order chi connectivity index (χ0) is 22.5. The molecule has 3 heterocycles. The molecule has 2 atom stereocenters. The second kappa shape index (κ2) is 10.2. The molecule has 2 aromatic rings. The number of carbonyl (C=O) groups excluding carboxylic acids is 1. The van der Waals surface area contributed by atoms with Gasteiger partial charge in [0, 0.05) is 55.4 Å². The van der Waals surface area contributed by atoms with Crippen LogP contribution in [0, 0.1) is 5.92 Å². The molecule has 1 saturated heterocycles. The molecular formula is C21H26ClN5O5. The Morgan fingerprint density at radius 3 is 3.00 bits per heavy atom. The highest BCUT2D eigenvalue weighted by Gasteiger charge is 2.29. The number of fused-ring (bicyclic) bond motifs is 1. The van der Waals surface area contributed by atoms with Crippen LogP contribution < -0.4 is 25.7 Å². The van der Waals surface area contributed by atoms with E-state index in [0.29, 0.717) is 67.4 Å². The van der Waals surface area contributed by atoms with E-state index >= 15 is 0 Å². The van der Waals surface area contributed by atoms with Gasteiger partial charge >= 0.3 is 0 Å². The SMILES string of the molecule is O=C(NC[C@H]1CCN(CCNc2nccc(=O)[nH]2)C[C@@H]1O)c1cc(Cl)cc2c1OCCO2. The molecule has 0 unspecified atom stereocenters. The number of piperidine rings is 1. The fourth-order valence-corrected chi connectivity index (χ4v) is 4.10. The van der Waals surface area contributed by atoms with Crippen LogP contribution in [0.4, 0.5) is 5.95 Å². The van der Waals surface area contributed by atoms with Crippen molar-refractivity contribution in [1.29, 1.82) is 0 Å². The van der Waals surface area contributed by atoms with Gasteiger partial charge in [0.05, 0.1) is 11.7 Å². The topological polar surface area (TPSA) is 129 Å². The van der Waals surface area contributed by atoms with E-state index in [1.807, 2.05) is 0 Å². The Kier molecular flexibility index (Phi) is 7.13. The molecule has 0 spiro atoms. The van der Waals surface area contributed by atoms with E-state index in [4.69, 9.17) is 21.1 Å². The number of aliphatic hydroxyl groups is 1. The number of amides is 1. The summed E-state index contributed by atoms with van der Waals surface area (Å²) in [6.45, 7) is 3.71. The van der Waals surface area contributed by atoms with Crippen molar-refractivity contribution in [3.8, 4) is 11.5 Å². The fourth-order valence-electron chi connectivity index (χ4n) is 3.89. The Morgan fingerprint density at radius 1 is 1.34 bits per heavy atom. The molecule has 0 radical (unpaired) electrons. The van der Waals surface area contributed by atoms with Crippen molar-refractivity contribution in [2.75, 3.05) is 51.3 Å². The number of benzene rings is 1. The fraction of sp³-hybridized carbons (Fsp3) is 0.476. The zero-order valence-corrected chi connectivity index (χ0v) is 18.2. The second-order valence-electron chi connectivity index (χ2n) is 7.81. The van der Waals surface area contributed by atoms with Crippen molar-refractivity contribution in [2.24, 2.45) is 5.92 Å². The molecule has 11 heteroatoms. The number of H-pyrrole nitrogens is 1. The number of aromatic nitrogens is 2. The number of hydrogen-bond acceptors (Lipinski definition) is 8. The van der Waals surface area contributed by atoms with Crippen molar-refractivity contribution in [2.45, 2.75) is 12.5 Å². The van der Waals surface area contributed by atoms with Crippen LogP contribution in [0.15, 0.2) is 29.2 Å². The number of likely N-dealkylation sites (tertiary alicyclic amines) is 1. The molecule has 10 nitrogen and oxygen atoms in total. The Hall–Kier alpha value is -2.82. The van der Waals surface area contributed by atoms with Crippen LogP contribution in [-0.2, 0) is 0 Å². The Bertz CT molecular complexity index is 1020. The van der Waals surface area contributed by atoms with Crippen LogP contribution >= 0.6 is 11.6 Å². The summed E-state index contributed by atoms with van der Waals surface area (Å²) < 4.78 is 11.1. The van der Waals surface area contributed by atoms with Crippen molar-refractivity contribution in [3.05, 3.63) is 45.3 Å². The van der Waals surface area contributed by atoms with Gasteiger partial charge in [0.25, 0.3) is 11.5 Å². The maximum atomic E-state index is 12.7. The first-order valence-electron chi connectivity index (χ1n) is 10.6. The molecule has 4 N–H and O–H groups in total. The summed E-state index contributed by atoms with van der Waals surface area (Å²) in [5.74, 6) is 0.925. The van der Waals surface area contributed by atoms with E-state index in [9.17, 15) is 14.7 Å². The normalized spacial score (nSPS) is 20.6. The van der Waals surface area contributed by atoms with Gasteiger partial charge in [-0.1, -0.05) is 11.6 Å². The first kappa shape index (κ1) is 22.4. The van der Waals surface area contributed by atoms with Crippen LogP contribution in [0.3, 0.4) is 0 Å². The van der Waals surface area contributed by atoms with E-state index in [2.05, 4.69) is 25.5 Å². The number of rotatable bonds is 7. The number of carbonyl (C=O) groups is 1. The monoisotopic (exact) mass is 463 g/mol. The maximum Gasteiger partial charge on any atom is 0.255 e. The predicted molar refractivity (Wildman–Crippen MR) is 119 cm³/mol. The highest BCUT2D eigenvalue weighted by atomic mass is 35.5. The van der Waals surface area contributed by atoms with Crippen molar-refractivity contribution in [1.82, 2.24) is 20.2 Å². The molecule has 1 aromatic carbocycles. The third kappa shape index (κ3) is 5.50. The number of hydrogen-bond donors (Lipinski definition) is 4. The molecule has 0 bridgehead atoms. The number of aliphatic hydroxyl groups excluding tert-OH is 1. The largest absolute Gasteiger partial charge is 0.486 e. The minimum atomic E-state index is -0.563. The van der Waals surface area contributed by atoms with Gasteiger partial charge in [-0.2, -0.15) is 0 Å². The van der Waals surface area contributed by atoms with Gasteiger partial charge in [-0.15, -0.1) is 0 Å². The van der Waals surface area contributed by atoms with Gasteiger partial charge in [0.1, 0.15) is 13.2 Å². The first-order chi connectivity index (χ1) is 15.5. The summed E-state index contributed by atoms with van der Waals surface area (Å²) in [4.78, 5) is 32.8. The number of β-amino-alcohol motifs (C(OH)–C–C–N with tert-alkyl or cyclic N) is 1. The molecule has 172 valence electrons. The summed E-state index contributed by atoms with van der Waals surface area (Å²) in [5.41, 5.74) is 0.121. The molecule has 0 saturated carbocycles. The number of nitrogens with one attached hydrogen (secondary N) is 3. The van der Waals surface area contributed by atoms with E-state index in [-0.39, 0.29) is 17.4 Å². The minimum absolute atomic E-state index is 0.0533. The molecule has 1 aromatic heterocycles. The van der Waals surface area contributed by atoms with Crippen LogP contribution in [0.5, 0.6) is 11.5 Å². The van der Waals surface area contributed by atoms with Gasteiger partial charge in [-0.05, 0) is 19.0 Å². The molecule has 2 aliphatic heterocycles. The Balaban J connectivity index is 1.25. The smallest absolute Gasteiger partial charge is 0.255 e. The Morgan fingerprint density at radius 2 is 2.19 bits per heavy atom. The van der Waals surface area contributed by atoms with Crippen LogP contribution in [0.2, 0.25) is 5.02 Å². The number of anilines is 1. The molecule has 32 heavy (non-hydrogen) atoms. The van der Waals surface area contributed by atoms with Crippen LogP contribution in [-0.4, -0.2) is 77.9 Å². The number of nitrogens with zero attached hydrogens (tertiary/aromatic N) is 2.